The van der Waals surface area contributed by atoms with Crippen molar-refractivity contribution < 1.29 is 25.5 Å². The van der Waals surface area contributed by atoms with E-state index in [1.165, 1.54) is 0 Å². The molecule has 0 saturated heterocycles. The maximum absolute atomic E-state index is 9.85. The third-order valence-electron chi connectivity index (χ3n) is 0.712. The van der Waals surface area contributed by atoms with E-state index in [-0.39, 0.29) is 81.2 Å². The zero-order valence-electron chi connectivity index (χ0n) is 9.99. The van der Waals surface area contributed by atoms with Gasteiger partial charge in [-0.3, -0.25) is 9.59 Å². The standard InChI is InChI=1S/C4H7NO4.2Ca.4H/c5-2(4(8)9)1-3(6)7;;;;;;/h2H,1,5H2,(H,6,7)(H,8,9);;;;;;/q;2*+2;4*-1/t2-;;;;;;/m0....../s1. The fourth-order valence-corrected chi connectivity index (χ4v) is 0.275. The number of carboxylic acids is 2. The number of carbonyl (C=O) groups is 2. The molecule has 0 unspecified atom stereocenters. The van der Waals surface area contributed by atoms with E-state index in [1.54, 1.807) is 0 Å². The van der Waals surface area contributed by atoms with Crippen LogP contribution in [0.1, 0.15) is 12.1 Å². The van der Waals surface area contributed by atoms with Crippen LogP contribution >= 0.6 is 0 Å². The van der Waals surface area contributed by atoms with Crippen LogP contribution < -0.4 is 5.73 Å². The van der Waals surface area contributed by atoms with Gasteiger partial charge in [0.15, 0.2) is 0 Å². The fraction of sp³-hybridized carbons (Fsp3) is 0.500. The van der Waals surface area contributed by atoms with Crippen molar-refractivity contribution >= 4 is 87.4 Å². The second-order valence-corrected chi connectivity index (χ2v) is 1.54. The Hall–Kier alpha value is 1.42. The van der Waals surface area contributed by atoms with E-state index in [4.69, 9.17) is 15.9 Å². The molecule has 11 heavy (non-hydrogen) atoms. The first-order valence-electron chi connectivity index (χ1n) is 2.24. The molecule has 0 aromatic heterocycles. The Morgan fingerprint density at radius 1 is 1.36 bits per heavy atom. The number of hydrogen-bond acceptors (Lipinski definition) is 3. The summed E-state index contributed by atoms with van der Waals surface area (Å²) in [6.07, 6.45) is -0.532. The number of rotatable bonds is 3. The van der Waals surface area contributed by atoms with Gasteiger partial charge in [-0.15, -0.1) is 0 Å². The summed E-state index contributed by atoms with van der Waals surface area (Å²) in [6, 6.07) is -1.29. The molecule has 0 rings (SSSR count). The van der Waals surface area contributed by atoms with Gasteiger partial charge in [-0.2, -0.15) is 0 Å². The summed E-state index contributed by atoms with van der Waals surface area (Å²) in [4.78, 5) is 19.6. The van der Waals surface area contributed by atoms with E-state index < -0.39 is 24.4 Å². The molecular formula is C4H11Ca2NO4. The molecule has 0 bridgehead atoms. The number of nitrogens with two attached hydrogens (primary N) is 1. The van der Waals surface area contributed by atoms with Crippen LogP contribution in [0.4, 0.5) is 0 Å². The summed E-state index contributed by atoms with van der Waals surface area (Å²) in [5.41, 5.74) is 4.84. The van der Waals surface area contributed by atoms with E-state index in [0.717, 1.165) is 0 Å². The van der Waals surface area contributed by atoms with Crippen molar-refractivity contribution in [1.82, 2.24) is 0 Å². The van der Waals surface area contributed by atoms with Gasteiger partial charge >= 0.3 is 87.4 Å². The zero-order chi connectivity index (χ0) is 7.44. The first-order chi connectivity index (χ1) is 4.04. The molecular weight excluding hydrogens is 206 g/mol. The predicted molar refractivity (Wildman–Crippen MR) is 43.8 cm³/mol. The average molecular weight is 217 g/mol. The van der Waals surface area contributed by atoms with Crippen molar-refractivity contribution in [2.75, 3.05) is 0 Å². The average Bonchev–Trinajstić information content (AvgIpc) is 1.63. The van der Waals surface area contributed by atoms with Gasteiger partial charge in [-0.25, -0.2) is 0 Å². The van der Waals surface area contributed by atoms with Gasteiger partial charge in [0.2, 0.25) is 0 Å². The van der Waals surface area contributed by atoms with Crippen LogP contribution in [0, 0.1) is 0 Å². The van der Waals surface area contributed by atoms with Gasteiger partial charge in [0.25, 0.3) is 0 Å². The smallest absolute Gasteiger partial charge is 1.00 e. The maximum Gasteiger partial charge on any atom is 2.00 e. The Kier molecular flexibility index (Phi) is 15.8. The zero-order valence-corrected chi connectivity index (χ0v) is 10.4. The molecule has 0 heterocycles. The molecule has 0 amide bonds. The van der Waals surface area contributed by atoms with E-state index in [1.807, 2.05) is 0 Å². The van der Waals surface area contributed by atoms with E-state index in [2.05, 4.69) is 0 Å². The largest absolute Gasteiger partial charge is 2.00 e. The fourth-order valence-electron chi connectivity index (χ4n) is 0.275. The van der Waals surface area contributed by atoms with Crippen LogP contribution in [-0.4, -0.2) is 104 Å². The van der Waals surface area contributed by atoms with Crippen LogP contribution in [0.15, 0.2) is 0 Å². The normalized spacial score (nSPS) is 10.3. The quantitative estimate of drug-likeness (QED) is 0.503. The number of hydrogen-bond donors (Lipinski definition) is 3. The SMILES string of the molecule is N[C@@H](CC(=O)O)C(=O)O.[Ca+2].[Ca+2].[H-].[H-].[H-].[H-]. The molecule has 0 aromatic rings. The Labute approximate surface area is 129 Å². The molecule has 7 heteroatoms. The van der Waals surface area contributed by atoms with Gasteiger partial charge in [0, 0.05) is 0 Å². The minimum absolute atomic E-state index is 0. The number of aliphatic carboxylic acids is 2. The summed E-state index contributed by atoms with van der Waals surface area (Å²) < 4.78 is 0. The summed E-state index contributed by atoms with van der Waals surface area (Å²) in [5.74, 6) is -2.50. The van der Waals surface area contributed by atoms with Gasteiger partial charge in [-0.05, 0) is 0 Å². The van der Waals surface area contributed by atoms with Gasteiger partial charge in [0.1, 0.15) is 6.04 Å². The number of carboxylic acid groups (broad SMARTS) is 2. The second-order valence-electron chi connectivity index (χ2n) is 1.54. The van der Waals surface area contributed by atoms with Crippen molar-refractivity contribution in [3.05, 3.63) is 0 Å². The minimum atomic E-state index is -1.29. The molecule has 0 aliphatic heterocycles. The molecule has 4 N–H and O–H groups in total. The molecule has 0 fully saturated rings. The van der Waals surface area contributed by atoms with Crippen molar-refractivity contribution in [3.63, 3.8) is 0 Å². The van der Waals surface area contributed by atoms with Crippen LogP contribution in [0.2, 0.25) is 0 Å². The van der Waals surface area contributed by atoms with Crippen LogP contribution in [0.3, 0.4) is 0 Å². The van der Waals surface area contributed by atoms with Crippen molar-refractivity contribution in [3.8, 4) is 0 Å². The summed E-state index contributed by atoms with van der Waals surface area (Å²) in [5, 5.41) is 16.0. The summed E-state index contributed by atoms with van der Waals surface area (Å²) in [6.45, 7) is 0. The molecule has 0 spiro atoms. The van der Waals surface area contributed by atoms with Crippen LogP contribution in [-0.2, 0) is 9.59 Å². The van der Waals surface area contributed by atoms with Crippen LogP contribution in [0.5, 0.6) is 0 Å². The van der Waals surface area contributed by atoms with Crippen LogP contribution in [0.25, 0.3) is 0 Å². The molecule has 5 nitrogen and oxygen atoms in total. The van der Waals surface area contributed by atoms with E-state index in [0.29, 0.717) is 0 Å². The molecule has 0 saturated carbocycles. The molecule has 0 radical (unpaired) electrons. The first kappa shape index (κ1) is 18.3. The van der Waals surface area contributed by atoms with Crippen molar-refractivity contribution in [1.29, 1.82) is 0 Å². The summed E-state index contributed by atoms with van der Waals surface area (Å²) >= 11 is 0. The minimum Gasteiger partial charge on any atom is -1.00 e. The Balaban J connectivity index is -0.0000000213. The summed E-state index contributed by atoms with van der Waals surface area (Å²) in [7, 11) is 0. The maximum atomic E-state index is 9.85. The molecule has 1 atom stereocenters. The molecule has 0 aliphatic carbocycles. The predicted octanol–water partition coefficient (Wildman–Crippen LogP) is -1.44. The third-order valence-corrected chi connectivity index (χ3v) is 0.712. The second kappa shape index (κ2) is 9.51. The first-order valence-corrected chi connectivity index (χ1v) is 2.24. The van der Waals surface area contributed by atoms with Gasteiger partial charge in [-0.1, -0.05) is 0 Å². The van der Waals surface area contributed by atoms with Crippen molar-refractivity contribution in [2.45, 2.75) is 12.5 Å². The third kappa shape index (κ3) is 11.4. The van der Waals surface area contributed by atoms with Gasteiger partial charge < -0.3 is 21.7 Å². The van der Waals surface area contributed by atoms with E-state index in [9.17, 15) is 9.59 Å². The monoisotopic (exact) mass is 217 g/mol. The molecule has 0 aromatic carbocycles. The topological polar surface area (TPSA) is 101 Å². The molecule has 0 aliphatic rings. The Morgan fingerprint density at radius 3 is 1.82 bits per heavy atom. The van der Waals surface area contributed by atoms with E-state index >= 15 is 0 Å². The Bertz CT molecular complexity index is 153. The Morgan fingerprint density at radius 2 is 1.73 bits per heavy atom. The molecule has 60 valence electrons. The van der Waals surface area contributed by atoms with Gasteiger partial charge in [0.05, 0.1) is 6.42 Å². The van der Waals surface area contributed by atoms with Crippen molar-refractivity contribution in [2.24, 2.45) is 5.73 Å².